The molecule has 2 aromatic carbocycles. The van der Waals surface area contributed by atoms with Gasteiger partial charge in [0.2, 0.25) is 0 Å². The van der Waals surface area contributed by atoms with Crippen molar-refractivity contribution in [2.24, 2.45) is 0 Å². The third-order valence-corrected chi connectivity index (χ3v) is 5.68. The van der Waals surface area contributed by atoms with Crippen LogP contribution in [0.5, 0.6) is 11.5 Å². The molecule has 3 aromatic rings. The van der Waals surface area contributed by atoms with Crippen molar-refractivity contribution in [3.8, 4) is 22.8 Å². The lowest BCUT2D eigenvalue weighted by Crippen LogP contribution is -2.50. The summed E-state index contributed by atoms with van der Waals surface area (Å²) in [6.07, 6.45) is 0. The van der Waals surface area contributed by atoms with Gasteiger partial charge in [-0.15, -0.1) is 0 Å². The van der Waals surface area contributed by atoms with Crippen LogP contribution in [0, 0.1) is 0 Å². The lowest BCUT2D eigenvalue weighted by molar-refractivity contribution is 0.0532. The molecule has 2 heterocycles. The molecule has 0 radical (unpaired) electrons. The summed E-state index contributed by atoms with van der Waals surface area (Å²) < 4.78 is 10.5. The van der Waals surface area contributed by atoms with Crippen molar-refractivity contribution < 1.29 is 19.1 Å². The van der Waals surface area contributed by atoms with Gasteiger partial charge in [-0.3, -0.25) is 14.7 Å². The van der Waals surface area contributed by atoms with E-state index in [1.54, 1.807) is 53.3 Å². The Morgan fingerprint density at radius 3 is 2.12 bits per heavy atom. The van der Waals surface area contributed by atoms with Crippen LogP contribution in [0.15, 0.2) is 48.5 Å². The van der Waals surface area contributed by atoms with Crippen molar-refractivity contribution in [3.63, 3.8) is 0 Å². The number of H-pyrrole nitrogens is 1. The van der Waals surface area contributed by atoms with Crippen LogP contribution in [0.4, 0.5) is 0 Å². The first-order chi connectivity index (χ1) is 15.5. The van der Waals surface area contributed by atoms with Gasteiger partial charge in [-0.05, 0) is 36.4 Å². The lowest BCUT2D eigenvalue weighted by Gasteiger charge is -2.34. The summed E-state index contributed by atoms with van der Waals surface area (Å²) in [4.78, 5) is 29.3. The topological polar surface area (TPSA) is 87.8 Å². The second-order valence-corrected chi connectivity index (χ2v) is 7.76. The zero-order valence-corrected chi connectivity index (χ0v) is 18.6. The van der Waals surface area contributed by atoms with Crippen LogP contribution >= 0.6 is 11.6 Å². The second-order valence-electron chi connectivity index (χ2n) is 7.33. The molecule has 0 aliphatic carbocycles. The van der Waals surface area contributed by atoms with Crippen LogP contribution in [-0.4, -0.2) is 72.2 Å². The summed E-state index contributed by atoms with van der Waals surface area (Å²) >= 11 is 5.93. The molecule has 0 saturated carbocycles. The maximum absolute atomic E-state index is 12.9. The highest BCUT2D eigenvalue weighted by molar-refractivity contribution is 6.30. The first-order valence-corrected chi connectivity index (χ1v) is 10.5. The highest BCUT2D eigenvalue weighted by atomic mass is 35.5. The average molecular weight is 455 g/mol. The minimum atomic E-state index is -0.143. The van der Waals surface area contributed by atoms with E-state index in [0.717, 1.165) is 5.56 Å². The van der Waals surface area contributed by atoms with Gasteiger partial charge in [0.05, 0.1) is 19.9 Å². The Morgan fingerprint density at radius 2 is 1.50 bits per heavy atom. The molecule has 0 bridgehead atoms. The summed E-state index contributed by atoms with van der Waals surface area (Å²) in [5.74, 6) is 0.820. The largest absolute Gasteiger partial charge is 0.493 e. The quantitative estimate of drug-likeness (QED) is 0.638. The van der Waals surface area contributed by atoms with E-state index in [9.17, 15) is 9.59 Å². The smallest absolute Gasteiger partial charge is 0.272 e. The number of carbonyl (C=O) groups is 2. The van der Waals surface area contributed by atoms with Crippen LogP contribution in [0.3, 0.4) is 0 Å². The number of carbonyl (C=O) groups excluding carboxylic acids is 2. The predicted molar refractivity (Wildman–Crippen MR) is 120 cm³/mol. The number of aromatic nitrogens is 2. The first-order valence-electron chi connectivity index (χ1n) is 10.1. The summed E-state index contributed by atoms with van der Waals surface area (Å²) in [6.45, 7) is 1.76. The number of nitrogens with one attached hydrogen (secondary N) is 1. The molecule has 1 fully saturated rings. The Morgan fingerprint density at radius 1 is 0.875 bits per heavy atom. The fraction of sp³-hybridized carbons (Fsp3) is 0.261. The van der Waals surface area contributed by atoms with Gasteiger partial charge in [0.25, 0.3) is 11.8 Å². The zero-order chi connectivity index (χ0) is 22.7. The Balaban J connectivity index is 1.39. The summed E-state index contributed by atoms with van der Waals surface area (Å²) in [5.41, 5.74) is 2.47. The number of hydrogen-bond donors (Lipinski definition) is 1. The summed E-state index contributed by atoms with van der Waals surface area (Å²) in [5, 5.41) is 7.70. The normalized spacial score (nSPS) is 13.7. The molecule has 0 spiro atoms. The van der Waals surface area contributed by atoms with Gasteiger partial charge in [-0.2, -0.15) is 5.10 Å². The molecule has 2 amide bonds. The molecule has 1 N–H and O–H groups in total. The first kappa shape index (κ1) is 21.7. The number of aromatic amines is 1. The highest BCUT2D eigenvalue weighted by Gasteiger charge is 2.27. The van der Waals surface area contributed by atoms with E-state index in [1.807, 2.05) is 12.1 Å². The van der Waals surface area contributed by atoms with E-state index in [4.69, 9.17) is 21.1 Å². The van der Waals surface area contributed by atoms with E-state index in [-0.39, 0.29) is 11.8 Å². The molecule has 4 rings (SSSR count). The SMILES string of the molecule is COc1ccc(C(=O)N2CCN(C(=O)c3cc(-c4ccc(Cl)cc4)n[nH]3)CC2)cc1OC. The van der Waals surface area contributed by atoms with Crippen molar-refractivity contribution in [1.29, 1.82) is 0 Å². The number of halogens is 1. The summed E-state index contributed by atoms with van der Waals surface area (Å²) in [6, 6.07) is 14.1. The van der Waals surface area contributed by atoms with Gasteiger partial charge in [0.15, 0.2) is 11.5 Å². The average Bonchev–Trinajstić information content (AvgIpc) is 3.33. The molecule has 0 atom stereocenters. The predicted octanol–water partition coefficient (Wildman–Crippen LogP) is 3.35. The number of rotatable bonds is 5. The Hall–Kier alpha value is -3.52. The molecular weight excluding hydrogens is 432 g/mol. The van der Waals surface area contributed by atoms with Crippen LogP contribution in [0.25, 0.3) is 11.3 Å². The molecule has 32 heavy (non-hydrogen) atoms. The van der Waals surface area contributed by atoms with Crippen LogP contribution in [0.2, 0.25) is 5.02 Å². The third kappa shape index (κ3) is 4.40. The monoisotopic (exact) mass is 454 g/mol. The number of hydrogen-bond acceptors (Lipinski definition) is 5. The van der Waals surface area contributed by atoms with Crippen LogP contribution < -0.4 is 9.47 Å². The van der Waals surface area contributed by atoms with Crippen LogP contribution in [0.1, 0.15) is 20.8 Å². The highest BCUT2D eigenvalue weighted by Crippen LogP contribution is 2.28. The second kappa shape index (κ2) is 9.32. The van der Waals surface area contributed by atoms with E-state index in [0.29, 0.717) is 59.7 Å². The van der Waals surface area contributed by atoms with E-state index < -0.39 is 0 Å². The Bertz CT molecular complexity index is 1120. The molecule has 1 aromatic heterocycles. The van der Waals surface area contributed by atoms with Crippen molar-refractivity contribution in [3.05, 3.63) is 64.8 Å². The van der Waals surface area contributed by atoms with Crippen LogP contribution in [-0.2, 0) is 0 Å². The number of amides is 2. The third-order valence-electron chi connectivity index (χ3n) is 5.43. The van der Waals surface area contributed by atoms with Gasteiger partial charge >= 0.3 is 0 Å². The molecule has 1 aliphatic heterocycles. The van der Waals surface area contributed by atoms with Gasteiger partial charge in [-0.1, -0.05) is 23.7 Å². The molecular formula is C23H23ClN4O4. The molecule has 9 heteroatoms. The maximum Gasteiger partial charge on any atom is 0.272 e. The molecule has 1 aliphatic rings. The number of nitrogens with zero attached hydrogens (tertiary/aromatic N) is 3. The van der Waals surface area contributed by atoms with Crippen molar-refractivity contribution in [2.75, 3.05) is 40.4 Å². The Kier molecular flexibility index (Phi) is 6.32. The van der Waals surface area contributed by atoms with E-state index in [1.165, 1.54) is 7.11 Å². The fourth-order valence-electron chi connectivity index (χ4n) is 3.63. The molecule has 8 nitrogen and oxygen atoms in total. The van der Waals surface area contributed by atoms with E-state index >= 15 is 0 Å². The standard InChI is InChI=1S/C23H23ClN4O4/c1-31-20-8-5-16(13-21(20)32-2)22(29)27-9-11-28(12-10-27)23(30)19-14-18(25-26-19)15-3-6-17(24)7-4-15/h3-8,13-14H,9-12H2,1-2H3,(H,25,26). The van der Waals surface area contributed by atoms with Gasteiger partial charge in [0.1, 0.15) is 5.69 Å². The maximum atomic E-state index is 12.9. The van der Waals surface area contributed by atoms with Gasteiger partial charge < -0.3 is 19.3 Å². The molecule has 0 unspecified atom stereocenters. The van der Waals surface area contributed by atoms with Gasteiger partial charge in [-0.25, -0.2) is 0 Å². The zero-order valence-electron chi connectivity index (χ0n) is 17.8. The van der Waals surface area contributed by atoms with Crippen molar-refractivity contribution in [2.45, 2.75) is 0 Å². The van der Waals surface area contributed by atoms with Crippen molar-refractivity contribution >= 4 is 23.4 Å². The minimum Gasteiger partial charge on any atom is -0.493 e. The Labute approximate surface area is 190 Å². The number of methoxy groups -OCH3 is 2. The van der Waals surface area contributed by atoms with Crippen molar-refractivity contribution in [1.82, 2.24) is 20.0 Å². The number of benzene rings is 2. The molecule has 1 saturated heterocycles. The number of ether oxygens (including phenoxy) is 2. The minimum absolute atomic E-state index is 0.107. The molecule has 166 valence electrons. The summed E-state index contributed by atoms with van der Waals surface area (Å²) in [7, 11) is 3.08. The van der Waals surface area contributed by atoms with Gasteiger partial charge in [0, 0.05) is 42.3 Å². The fourth-order valence-corrected chi connectivity index (χ4v) is 3.76. The lowest BCUT2D eigenvalue weighted by atomic mass is 10.1. The number of piperazine rings is 1. The van der Waals surface area contributed by atoms with E-state index in [2.05, 4.69) is 10.2 Å².